The molecule has 158 valence electrons. The molecule has 2 aromatic heterocycles. The van der Waals surface area contributed by atoms with Gasteiger partial charge in [-0.2, -0.15) is 0 Å². The van der Waals surface area contributed by atoms with Crippen LogP contribution in [0.25, 0.3) is 11.4 Å². The van der Waals surface area contributed by atoms with Crippen LogP contribution in [0.4, 0.5) is 0 Å². The van der Waals surface area contributed by atoms with Crippen LogP contribution in [0.5, 0.6) is 0 Å². The van der Waals surface area contributed by atoms with Crippen LogP contribution in [0.1, 0.15) is 43.9 Å². The molecule has 1 aromatic carbocycles. The van der Waals surface area contributed by atoms with E-state index in [1.807, 2.05) is 43.0 Å². The SMILES string of the molecule is Cc1occc1-c1nnc(SC(C)C(=O)N2CCCCCC2)n1Cc1ccccc1. The largest absolute Gasteiger partial charge is 0.469 e. The summed E-state index contributed by atoms with van der Waals surface area (Å²) in [4.78, 5) is 15.1. The fraction of sp³-hybridized carbons (Fsp3) is 0.435. The molecule has 3 heterocycles. The van der Waals surface area contributed by atoms with Crippen molar-refractivity contribution in [2.75, 3.05) is 13.1 Å². The van der Waals surface area contributed by atoms with Crippen LogP contribution in [0.3, 0.4) is 0 Å². The standard InChI is InChI=1S/C23H28N4O2S/c1-17-20(12-15-29-17)21-24-25-23(27(21)16-19-10-6-5-7-11-19)30-18(2)22(28)26-13-8-3-4-9-14-26/h5-7,10-12,15,18H,3-4,8-9,13-14,16H2,1-2H3. The first kappa shape index (κ1) is 20.7. The molecule has 1 fully saturated rings. The lowest BCUT2D eigenvalue weighted by atomic mass is 10.2. The number of hydrogen-bond donors (Lipinski definition) is 0. The van der Waals surface area contributed by atoms with Gasteiger partial charge in [-0.05, 0) is 38.3 Å². The van der Waals surface area contributed by atoms with Crippen LogP contribution in [0, 0.1) is 6.92 Å². The van der Waals surface area contributed by atoms with Crippen LogP contribution < -0.4 is 0 Å². The number of hydrogen-bond acceptors (Lipinski definition) is 5. The second-order valence-electron chi connectivity index (χ2n) is 7.77. The average Bonchev–Trinajstić information content (AvgIpc) is 3.23. The number of thioether (sulfide) groups is 1. The van der Waals surface area contributed by atoms with E-state index in [4.69, 9.17) is 4.42 Å². The topological polar surface area (TPSA) is 64.2 Å². The number of aromatic nitrogens is 3. The van der Waals surface area contributed by atoms with Gasteiger partial charge in [0.05, 0.1) is 23.6 Å². The predicted octanol–water partition coefficient (Wildman–Crippen LogP) is 4.78. The van der Waals surface area contributed by atoms with Gasteiger partial charge in [-0.3, -0.25) is 9.36 Å². The molecule has 1 unspecified atom stereocenters. The molecule has 0 bridgehead atoms. The molecule has 0 N–H and O–H groups in total. The molecule has 1 atom stereocenters. The first-order valence-corrected chi connectivity index (χ1v) is 11.5. The fourth-order valence-corrected chi connectivity index (χ4v) is 4.79. The van der Waals surface area contributed by atoms with Gasteiger partial charge >= 0.3 is 0 Å². The van der Waals surface area contributed by atoms with Crippen LogP contribution >= 0.6 is 11.8 Å². The lowest BCUT2D eigenvalue weighted by molar-refractivity contribution is -0.130. The van der Waals surface area contributed by atoms with E-state index in [1.165, 1.54) is 24.6 Å². The molecule has 3 aromatic rings. The Bertz CT molecular complexity index is 974. The average molecular weight is 425 g/mol. The first-order chi connectivity index (χ1) is 14.6. The fourth-order valence-electron chi connectivity index (χ4n) is 3.86. The molecule has 1 aliphatic rings. The summed E-state index contributed by atoms with van der Waals surface area (Å²) in [6.07, 6.45) is 6.28. The Hall–Kier alpha value is -2.54. The highest BCUT2D eigenvalue weighted by Crippen LogP contribution is 2.30. The number of nitrogens with zero attached hydrogens (tertiary/aromatic N) is 4. The smallest absolute Gasteiger partial charge is 0.235 e. The molecule has 0 radical (unpaired) electrons. The molecule has 0 spiro atoms. The molecular weight excluding hydrogens is 396 g/mol. The molecule has 0 saturated carbocycles. The number of amides is 1. The van der Waals surface area contributed by atoms with Crippen molar-refractivity contribution in [3.05, 3.63) is 54.0 Å². The van der Waals surface area contributed by atoms with E-state index in [0.717, 1.165) is 53.8 Å². The molecule has 1 saturated heterocycles. The highest BCUT2D eigenvalue weighted by atomic mass is 32.2. The van der Waals surface area contributed by atoms with E-state index >= 15 is 0 Å². The van der Waals surface area contributed by atoms with E-state index in [-0.39, 0.29) is 11.2 Å². The van der Waals surface area contributed by atoms with Gasteiger partial charge in [0, 0.05) is 13.1 Å². The van der Waals surface area contributed by atoms with Crippen molar-refractivity contribution in [3.8, 4) is 11.4 Å². The Morgan fingerprint density at radius 2 is 1.83 bits per heavy atom. The summed E-state index contributed by atoms with van der Waals surface area (Å²) in [7, 11) is 0. The Balaban J connectivity index is 1.60. The van der Waals surface area contributed by atoms with Gasteiger partial charge in [-0.15, -0.1) is 10.2 Å². The predicted molar refractivity (Wildman–Crippen MR) is 118 cm³/mol. The Morgan fingerprint density at radius 3 is 2.50 bits per heavy atom. The second-order valence-corrected chi connectivity index (χ2v) is 9.08. The summed E-state index contributed by atoms with van der Waals surface area (Å²) < 4.78 is 7.58. The maximum Gasteiger partial charge on any atom is 0.235 e. The minimum atomic E-state index is -0.208. The summed E-state index contributed by atoms with van der Waals surface area (Å²) in [5, 5.41) is 9.47. The first-order valence-electron chi connectivity index (χ1n) is 10.6. The van der Waals surface area contributed by atoms with Crippen molar-refractivity contribution in [2.45, 2.75) is 56.5 Å². The molecule has 0 aliphatic carbocycles. The molecule has 1 amide bonds. The van der Waals surface area contributed by atoms with Crippen LogP contribution in [-0.2, 0) is 11.3 Å². The summed E-state index contributed by atoms with van der Waals surface area (Å²) in [5.41, 5.74) is 2.09. The van der Waals surface area contributed by atoms with Gasteiger partial charge in [-0.1, -0.05) is 54.9 Å². The number of benzene rings is 1. The van der Waals surface area contributed by atoms with E-state index in [2.05, 4.69) is 26.9 Å². The number of likely N-dealkylation sites (tertiary alicyclic amines) is 1. The minimum absolute atomic E-state index is 0.192. The molecule has 4 rings (SSSR count). The van der Waals surface area contributed by atoms with Crippen LogP contribution in [0.15, 0.2) is 52.2 Å². The van der Waals surface area contributed by atoms with Gasteiger partial charge in [0.25, 0.3) is 0 Å². The second kappa shape index (κ2) is 9.51. The Morgan fingerprint density at radius 1 is 1.10 bits per heavy atom. The highest BCUT2D eigenvalue weighted by molar-refractivity contribution is 8.00. The van der Waals surface area contributed by atoms with Gasteiger partial charge in [-0.25, -0.2) is 0 Å². The molecule has 1 aliphatic heterocycles. The van der Waals surface area contributed by atoms with Gasteiger partial charge < -0.3 is 9.32 Å². The molecule has 6 nitrogen and oxygen atoms in total. The van der Waals surface area contributed by atoms with Crippen molar-refractivity contribution < 1.29 is 9.21 Å². The van der Waals surface area contributed by atoms with E-state index in [9.17, 15) is 4.79 Å². The monoisotopic (exact) mass is 424 g/mol. The van der Waals surface area contributed by atoms with Crippen molar-refractivity contribution in [1.29, 1.82) is 0 Å². The van der Waals surface area contributed by atoms with Crippen molar-refractivity contribution in [3.63, 3.8) is 0 Å². The normalized spacial score (nSPS) is 15.7. The van der Waals surface area contributed by atoms with Crippen molar-refractivity contribution in [1.82, 2.24) is 19.7 Å². The van der Waals surface area contributed by atoms with Crippen molar-refractivity contribution >= 4 is 17.7 Å². The third-order valence-electron chi connectivity index (χ3n) is 5.55. The molecule has 30 heavy (non-hydrogen) atoms. The third-order valence-corrected chi connectivity index (χ3v) is 6.62. The third kappa shape index (κ3) is 4.61. The quantitative estimate of drug-likeness (QED) is 0.533. The highest BCUT2D eigenvalue weighted by Gasteiger charge is 2.26. The lowest BCUT2D eigenvalue weighted by Gasteiger charge is -2.23. The number of carbonyl (C=O) groups is 1. The van der Waals surface area contributed by atoms with Gasteiger partial charge in [0.1, 0.15) is 5.76 Å². The maximum absolute atomic E-state index is 13.0. The number of carbonyl (C=O) groups excluding carboxylic acids is 1. The van der Waals surface area contributed by atoms with E-state index in [0.29, 0.717) is 6.54 Å². The molecule has 7 heteroatoms. The zero-order chi connectivity index (χ0) is 20.9. The van der Waals surface area contributed by atoms with Crippen LogP contribution in [-0.4, -0.2) is 43.9 Å². The molecular formula is C23H28N4O2S. The number of aryl methyl sites for hydroxylation is 1. The number of rotatable bonds is 6. The van der Waals surface area contributed by atoms with Gasteiger partial charge in [0.2, 0.25) is 5.91 Å². The Labute approximate surface area is 181 Å². The summed E-state index contributed by atoms with van der Waals surface area (Å²) >= 11 is 1.49. The summed E-state index contributed by atoms with van der Waals surface area (Å²) in [5.74, 6) is 1.76. The van der Waals surface area contributed by atoms with E-state index < -0.39 is 0 Å². The van der Waals surface area contributed by atoms with E-state index in [1.54, 1.807) is 6.26 Å². The minimum Gasteiger partial charge on any atom is -0.469 e. The van der Waals surface area contributed by atoms with Crippen LogP contribution in [0.2, 0.25) is 0 Å². The zero-order valence-electron chi connectivity index (χ0n) is 17.6. The van der Waals surface area contributed by atoms with Gasteiger partial charge in [0.15, 0.2) is 11.0 Å². The maximum atomic E-state index is 13.0. The lowest BCUT2D eigenvalue weighted by Crippen LogP contribution is -2.37. The summed E-state index contributed by atoms with van der Waals surface area (Å²) in [6.45, 7) is 6.26. The zero-order valence-corrected chi connectivity index (χ0v) is 18.4. The Kier molecular flexibility index (Phi) is 6.57. The number of furan rings is 1. The van der Waals surface area contributed by atoms with Crippen molar-refractivity contribution in [2.24, 2.45) is 0 Å². The summed E-state index contributed by atoms with van der Waals surface area (Å²) in [6, 6.07) is 12.2.